The van der Waals surface area contributed by atoms with Crippen LogP contribution >= 0.6 is 11.6 Å². The summed E-state index contributed by atoms with van der Waals surface area (Å²) in [5.74, 6) is 2.91. The molecular formula is C32H30ClN3O5. The molecule has 5 rings (SSSR count). The van der Waals surface area contributed by atoms with Gasteiger partial charge in [0.25, 0.3) is 0 Å². The third-order valence-corrected chi connectivity index (χ3v) is 6.62. The molecule has 0 amide bonds. The van der Waals surface area contributed by atoms with Gasteiger partial charge < -0.3 is 23.5 Å². The number of ether oxygens (including phenoxy) is 4. The van der Waals surface area contributed by atoms with Gasteiger partial charge in [0.15, 0.2) is 5.65 Å². The molecule has 9 heteroatoms. The first-order chi connectivity index (χ1) is 20.0. The molecule has 41 heavy (non-hydrogen) atoms. The van der Waals surface area contributed by atoms with Crippen molar-refractivity contribution in [3.63, 3.8) is 0 Å². The monoisotopic (exact) mass is 571 g/mol. The van der Waals surface area contributed by atoms with E-state index in [1.165, 1.54) is 0 Å². The van der Waals surface area contributed by atoms with E-state index in [9.17, 15) is 4.79 Å². The van der Waals surface area contributed by atoms with E-state index < -0.39 is 0 Å². The van der Waals surface area contributed by atoms with E-state index in [1.807, 2.05) is 90.5 Å². The van der Waals surface area contributed by atoms with E-state index in [4.69, 9.17) is 35.5 Å². The number of halogens is 1. The van der Waals surface area contributed by atoms with Gasteiger partial charge in [0.05, 0.1) is 6.61 Å². The molecule has 0 bridgehead atoms. The highest BCUT2D eigenvalue weighted by molar-refractivity contribution is 6.30. The van der Waals surface area contributed by atoms with E-state index in [0.717, 1.165) is 16.6 Å². The number of pyridine rings is 1. The van der Waals surface area contributed by atoms with Crippen molar-refractivity contribution in [2.24, 2.45) is 7.05 Å². The minimum Gasteiger partial charge on any atom is -0.488 e. The molecule has 0 atom stereocenters. The number of imidazole rings is 1. The van der Waals surface area contributed by atoms with Crippen molar-refractivity contribution in [3.05, 3.63) is 107 Å². The van der Waals surface area contributed by atoms with Gasteiger partial charge in [0.2, 0.25) is 5.88 Å². The molecule has 2 aromatic heterocycles. The molecule has 0 radical (unpaired) electrons. The molecule has 8 nitrogen and oxygen atoms in total. The first-order valence-corrected chi connectivity index (χ1v) is 13.7. The number of aryl methyl sites for hydroxylation is 2. The second-order valence-corrected chi connectivity index (χ2v) is 9.71. The Hall–Kier alpha value is -4.56. The number of aromatic nitrogens is 3. The summed E-state index contributed by atoms with van der Waals surface area (Å²) in [6.45, 7) is 2.71. The van der Waals surface area contributed by atoms with Crippen LogP contribution in [0.3, 0.4) is 0 Å². The fourth-order valence-corrected chi connectivity index (χ4v) is 4.34. The van der Waals surface area contributed by atoms with Crippen LogP contribution in [0.15, 0.2) is 84.9 Å². The van der Waals surface area contributed by atoms with Gasteiger partial charge in [-0.15, -0.1) is 0 Å². The summed E-state index contributed by atoms with van der Waals surface area (Å²) < 4.78 is 25.1. The van der Waals surface area contributed by atoms with Gasteiger partial charge in [-0.1, -0.05) is 48.0 Å². The van der Waals surface area contributed by atoms with Crippen molar-refractivity contribution in [2.45, 2.75) is 33.0 Å². The second kappa shape index (κ2) is 13.2. The Bertz CT molecular complexity index is 1620. The summed E-state index contributed by atoms with van der Waals surface area (Å²) in [5.41, 5.74) is 3.29. The quantitative estimate of drug-likeness (QED) is 0.148. The van der Waals surface area contributed by atoms with Gasteiger partial charge >= 0.3 is 5.97 Å². The SMILES string of the molecule is CCOC(=O)CCc1ccc(OCc2nc3ccc(Oc4ccccc4)nc3n2C)cc1OCc1ccc(Cl)cc1. The first kappa shape index (κ1) is 28.0. The Labute approximate surface area is 243 Å². The van der Waals surface area contributed by atoms with Crippen LogP contribution in [-0.4, -0.2) is 27.1 Å². The summed E-state index contributed by atoms with van der Waals surface area (Å²) in [6.07, 6.45) is 0.743. The summed E-state index contributed by atoms with van der Waals surface area (Å²) >= 11 is 6.02. The first-order valence-electron chi connectivity index (χ1n) is 13.3. The maximum Gasteiger partial charge on any atom is 0.306 e. The maximum absolute atomic E-state index is 12.0. The number of carbonyl (C=O) groups excluding carboxylic acids is 1. The molecule has 5 aromatic rings. The standard InChI is InChI=1S/C32H30ClN3O5/c1-3-38-31(37)18-12-23-11-15-26(19-28(23)40-20-22-9-13-24(33)14-10-22)39-21-29-34-27-16-17-30(35-32(27)36(29)2)41-25-7-5-4-6-8-25/h4-11,13-17,19H,3,12,18,20-21H2,1-2H3. The number of carbonyl (C=O) groups is 1. The fourth-order valence-electron chi connectivity index (χ4n) is 4.21. The van der Waals surface area contributed by atoms with Gasteiger partial charge in [0, 0.05) is 30.6 Å². The highest BCUT2D eigenvalue weighted by atomic mass is 35.5. The van der Waals surface area contributed by atoms with Crippen LogP contribution in [0.5, 0.6) is 23.1 Å². The number of hydrogen-bond acceptors (Lipinski definition) is 7. The van der Waals surface area contributed by atoms with E-state index in [1.54, 1.807) is 13.0 Å². The number of benzene rings is 3. The topological polar surface area (TPSA) is 84.7 Å². The zero-order chi connectivity index (χ0) is 28.6. The molecule has 2 heterocycles. The Balaban J connectivity index is 1.30. The largest absolute Gasteiger partial charge is 0.488 e. The van der Waals surface area contributed by atoms with Crippen LogP contribution in [0, 0.1) is 0 Å². The molecular weight excluding hydrogens is 542 g/mol. The number of nitrogens with zero attached hydrogens (tertiary/aromatic N) is 3. The van der Waals surface area contributed by atoms with Crippen molar-refractivity contribution < 1.29 is 23.7 Å². The zero-order valence-corrected chi connectivity index (χ0v) is 23.6. The van der Waals surface area contributed by atoms with Crippen LogP contribution in [-0.2, 0) is 36.2 Å². The number of esters is 1. The molecule has 0 saturated carbocycles. The lowest BCUT2D eigenvalue weighted by molar-refractivity contribution is -0.143. The molecule has 0 saturated heterocycles. The van der Waals surface area contributed by atoms with Gasteiger partial charge in [0.1, 0.15) is 41.8 Å². The average Bonchev–Trinajstić information content (AvgIpc) is 3.30. The molecule has 210 valence electrons. The van der Waals surface area contributed by atoms with Crippen LogP contribution in [0.2, 0.25) is 5.02 Å². The Morgan fingerprint density at radius 2 is 1.68 bits per heavy atom. The second-order valence-electron chi connectivity index (χ2n) is 9.27. The molecule has 0 aliphatic heterocycles. The van der Waals surface area contributed by atoms with E-state index in [2.05, 4.69) is 4.98 Å². The van der Waals surface area contributed by atoms with Crippen molar-refractivity contribution in [1.29, 1.82) is 0 Å². The number of para-hydroxylation sites is 1. The average molecular weight is 572 g/mol. The van der Waals surface area contributed by atoms with E-state index >= 15 is 0 Å². The molecule has 0 unspecified atom stereocenters. The van der Waals surface area contributed by atoms with Crippen LogP contribution in [0.25, 0.3) is 11.2 Å². The fraction of sp³-hybridized carbons (Fsp3) is 0.219. The molecule has 0 N–H and O–H groups in total. The zero-order valence-electron chi connectivity index (χ0n) is 22.9. The summed E-state index contributed by atoms with van der Waals surface area (Å²) in [7, 11) is 1.90. The van der Waals surface area contributed by atoms with E-state index in [0.29, 0.717) is 59.3 Å². The van der Waals surface area contributed by atoms with Crippen molar-refractivity contribution in [1.82, 2.24) is 14.5 Å². The third kappa shape index (κ3) is 7.35. The lowest BCUT2D eigenvalue weighted by Crippen LogP contribution is -2.07. The molecule has 3 aromatic carbocycles. The third-order valence-electron chi connectivity index (χ3n) is 6.37. The smallest absolute Gasteiger partial charge is 0.306 e. The van der Waals surface area contributed by atoms with Crippen LogP contribution < -0.4 is 14.2 Å². The Morgan fingerprint density at radius 1 is 0.878 bits per heavy atom. The van der Waals surface area contributed by atoms with Crippen LogP contribution in [0.4, 0.5) is 0 Å². The van der Waals surface area contributed by atoms with Crippen molar-refractivity contribution in [3.8, 4) is 23.1 Å². The summed E-state index contributed by atoms with van der Waals surface area (Å²) in [4.78, 5) is 21.3. The van der Waals surface area contributed by atoms with Crippen LogP contribution in [0.1, 0.15) is 30.3 Å². The Morgan fingerprint density at radius 3 is 2.46 bits per heavy atom. The highest BCUT2D eigenvalue weighted by Crippen LogP contribution is 2.29. The van der Waals surface area contributed by atoms with Gasteiger partial charge in [-0.25, -0.2) is 4.98 Å². The lowest BCUT2D eigenvalue weighted by atomic mass is 10.1. The van der Waals surface area contributed by atoms with Gasteiger partial charge in [-0.05, 0) is 60.9 Å². The molecule has 0 fully saturated rings. The Kier molecular flexibility index (Phi) is 9.01. The number of rotatable bonds is 12. The van der Waals surface area contributed by atoms with Gasteiger partial charge in [-0.2, -0.15) is 4.98 Å². The highest BCUT2D eigenvalue weighted by Gasteiger charge is 2.14. The minimum atomic E-state index is -0.246. The maximum atomic E-state index is 12.0. The normalized spacial score (nSPS) is 10.9. The van der Waals surface area contributed by atoms with E-state index in [-0.39, 0.29) is 19.0 Å². The molecule has 0 aliphatic rings. The van der Waals surface area contributed by atoms with Crippen molar-refractivity contribution >= 4 is 28.7 Å². The predicted octanol–water partition coefficient (Wildman–Crippen LogP) is 7.07. The number of fused-ring (bicyclic) bond motifs is 1. The summed E-state index contributed by atoms with van der Waals surface area (Å²) in [5, 5.41) is 0.663. The lowest BCUT2D eigenvalue weighted by Gasteiger charge is -2.14. The predicted molar refractivity (Wildman–Crippen MR) is 157 cm³/mol. The van der Waals surface area contributed by atoms with Gasteiger partial charge in [-0.3, -0.25) is 4.79 Å². The molecule has 0 spiro atoms. The summed E-state index contributed by atoms with van der Waals surface area (Å²) in [6, 6.07) is 26.3. The number of hydrogen-bond donors (Lipinski definition) is 0. The van der Waals surface area contributed by atoms with Crippen molar-refractivity contribution in [2.75, 3.05) is 6.61 Å². The minimum absolute atomic E-state index is 0.223. The molecule has 0 aliphatic carbocycles.